The minimum absolute atomic E-state index is 0.171. The molecule has 2 N–H and O–H groups in total. The van der Waals surface area contributed by atoms with Crippen LogP contribution in [0.2, 0.25) is 0 Å². The van der Waals surface area contributed by atoms with Crippen LogP contribution in [-0.2, 0) is 9.59 Å². The first-order valence-electron chi connectivity index (χ1n) is 22.2. The van der Waals surface area contributed by atoms with E-state index in [1.165, 1.54) is 13.8 Å². The second-order valence-electron chi connectivity index (χ2n) is 12.5. The molecule has 0 aromatic heterocycles. The number of fused-ring (bicyclic) bond motifs is 5. The molecular formula is C34H58N2O2. The van der Waals surface area contributed by atoms with Gasteiger partial charge in [-0.05, 0) is 105 Å². The van der Waals surface area contributed by atoms with Gasteiger partial charge in [-0.25, -0.2) is 0 Å². The number of hydrogen-bond donors (Lipinski definition) is 2. The minimum atomic E-state index is -4.30. The molecule has 38 heavy (non-hydrogen) atoms. The van der Waals surface area contributed by atoms with Gasteiger partial charge in [0, 0.05) is 50.4 Å². The maximum Gasteiger partial charge on any atom is 0.247 e. The standard InChI is InChI=1S/C34H58N2O2/c1-13-32(12,19(3)4)36-30(38)26-17-16-25-24-15-18-27-34(20(5)6,22(8)21(7)29(37)35-27)28(24)23(9)31(10,11)33(25,26)14-2/h19-20,23-28H,13-18H2,1-12H3,(H,35,37)(H,36,38)/t23?,24-,25-,26+,27+,28-,32?,33-,34-/m0/s1/i14D2,15D2,16D2,17D2,18D2,20D,23D,24D,25D,26D,27D,28D. The molecule has 9 atom stereocenters. The highest BCUT2D eigenvalue weighted by atomic mass is 16.2. The number of amides is 2. The molecule has 0 radical (unpaired) electrons. The van der Waals surface area contributed by atoms with Gasteiger partial charge in [-0.2, -0.15) is 0 Å². The van der Waals surface area contributed by atoms with Gasteiger partial charge < -0.3 is 10.6 Å². The third kappa shape index (κ3) is 3.59. The van der Waals surface area contributed by atoms with Gasteiger partial charge in [-0.3, -0.25) is 9.59 Å². The highest BCUT2D eigenvalue weighted by Crippen LogP contribution is 2.75. The van der Waals surface area contributed by atoms with Crippen molar-refractivity contribution in [3.05, 3.63) is 11.1 Å². The zero-order chi connectivity index (χ0) is 44.0. The van der Waals surface area contributed by atoms with Crippen LogP contribution in [0.3, 0.4) is 0 Å². The van der Waals surface area contributed by atoms with Crippen molar-refractivity contribution in [3.63, 3.8) is 0 Å². The van der Waals surface area contributed by atoms with Crippen molar-refractivity contribution in [1.29, 1.82) is 0 Å². The number of hydrogen-bond acceptors (Lipinski definition) is 2. The molecule has 0 aromatic carbocycles. The summed E-state index contributed by atoms with van der Waals surface area (Å²) in [6.45, 7) is 15.0. The van der Waals surface area contributed by atoms with Gasteiger partial charge in [0.25, 0.3) is 0 Å². The molecule has 4 rings (SSSR count). The molecule has 4 aliphatic rings. The van der Waals surface area contributed by atoms with Crippen molar-refractivity contribution in [3.8, 4) is 0 Å². The van der Waals surface area contributed by atoms with Gasteiger partial charge in [0.1, 0.15) is 0 Å². The Morgan fingerprint density at radius 2 is 1.84 bits per heavy atom. The fraction of sp³-hybridized carbons (Fsp3) is 0.882. The summed E-state index contributed by atoms with van der Waals surface area (Å²) >= 11 is 0. The number of nitrogens with one attached hydrogen (secondary N) is 2. The molecule has 216 valence electrons. The molecule has 1 heterocycles. The van der Waals surface area contributed by atoms with Crippen LogP contribution < -0.4 is 10.6 Å². The largest absolute Gasteiger partial charge is 0.350 e. The fourth-order valence-electron chi connectivity index (χ4n) is 6.94. The number of carbonyl (C=O) groups is 2. The van der Waals surface area contributed by atoms with Gasteiger partial charge in [0.15, 0.2) is 0 Å². The van der Waals surface area contributed by atoms with Crippen LogP contribution >= 0.6 is 0 Å². The Kier molecular flexibility index (Phi) is 3.69. The fourth-order valence-corrected chi connectivity index (χ4v) is 6.94. The molecule has 0 bridgehead atoms. The monoisotopic (exact) mass is 544 g/mol. The van der Waals surface area contributed by atoms with Gasteiger partial charge in [-0.15, -0.1) is 0 Å². The predicted octanol–water partition coefficient (Wildman–Crippen LogP) is 7.53. The second-order valence-corrected chi connectivity index (χ2v) is 12.5. The Morgan fingerprint density at radius 3 is 2.37 bits per heavy atom. The number of carbonyl (C=O) groups excluding carboxylic acids is 2. The lowest BCUT2D eigenvalue weighted by atomic mass is 9.35. The summed E-state index contributed by atoms with van der Waals surface area (Å²) in [7, 11) is 0. The maximum atomic E-state index is 15.2. The van der Waals surface area contributed by atoms with Crippen LogP contribution in [0.4, 0.5) is 0 Å². The summed E-state index contributed by atoms with van der Waals surface area (Å²) < 4.78 is 169. The Hall–Kier alpha value is -1.32. The first-order chi connectivity index (χ1) is 23.8. The second kappa shape index (κ2) is 9.65. The van der Waals surface area contributed by atoms with Gasteiger partial charge in [0.05, 0.1) is 1.37 Å². The van der Waals surface area contributed by atoms with E-state index in [1.807, 2.05) is 0 Å². The Balaban J connectivity index is 2.57. The van der Waals surface area contributed by atoms with Gasteiger partial charge in [-0.1, -0.05) is 67.9 Å². The summed E-state index contributed by atoms with van der Waals surface area (Å²) in [5.74, 6) is -24.9. The average molecular weight is 544 g/mol. The van der Waals surface area contributed by atoms with E-state index < -0.39 is 118 Å². The highest BCUT2D eigenvalue weighted by molar-refractivity contribution is 5.95. The van der Waals surface area contributed by atoms with Crippen molar-refractivity contribution in [2.45, 2.75) is 133 Å². The lowest BCUT2D eigenvalue weighted by Gasteiger charge is -2.70. The molecular weight excluding hydrogens is 468 g/mol. The van der Waals surface area contributed by atoms with Crippen molar-refractivity contribution < 1.29 is 32.9 Å². The zero-order valence-electron chi connectivity index (χ0n) is 42.1. The van der Waals surface area contributed by atoms with Gasteiger partial charge in [0.2, 0.25) is 11.8 Å². The highest BCUT2D eigenvalue weighted by Gasteiger charge is 2.72. The summed E-state index contributed by atoms with van der Waals surface area (Å²) in [6, 6.07) is -3.47. The van der Waals surface area contributed by atoms with E-state index in [4.69, 9.17) is 0 Å². The van der Waals surface area contributed by atoms with E-state index in [-0.39, 0.29) is 12.0 Å². The Morgan fingerprint density at radius 1 is 1.21 bits per heavy atom. The quantitative estimate of drug-likeness (QED) is 0.364. The van der Waals surface area contributed by atoms with Crippen molar-refractivity contribution in [2.24, 2.45) is 57.5 Å². The molecule has 2 amide bonds. The zero-order valence-corrected chi connectivity index (χ0v) is 25.1. The van der Waals surface area contributed by atoms with Crippen LogP contribution in [0.5, 0.6) is 0 Å². The molecule has 3 fully saturated rings. The Labute approximate surface area is 257 Å². The topological polar surface area (TPSA) is 58.2 Å². The van der Waals surface area contributed by atoms with Crippen LogP contribution in [0, 0.1) is 57.5 Å². The average Bonchev–Trinajstić information content (AvgIpc) is 3.08. The molecule has 1 aliphatic heterocycles. The molecule has 0 spiro atoms. The van der Waals surface area contributed by atoms with E-state index in [1.54, 1.807) is 27.7 Å². The van der Waals surface area contributed by atoms with E-state index in [2.05, 4.69) is 10.6 Å². The van der Waals surface area contributed by atoms with Crippen LogP contribution in [-0.4, -0.2) is 23.4 Å². The lowest BCUT2D eigenvalue weighted by Crippen LogP contribution is -2.70. The Bertz CT molecular complexity index is 1750. The van der Waals surface area contributed by atoms with Crippen LogP contribution in [0.15, 0.2) is 11.1 Å². The summed E-state index contributed by atoms with van der Waals surface area (Å²) in [5, 5.41) is 4.81. The predicted molar refractivity (Wildman–Crippen MR) is 157 cm³/mol. The van der Waals surface area contributed by atoms with Crippen LogP contribution in [0.25, 0.3) is 0 Å². The molecule has 0 saturated heterocycles. The van der Waals surface area contributed by atoms with E-state index in [9.17, 15) is 28.1 Å². The summed E-state index contributed by atoms with van der Waals surface area (Å²) in [4.78, 5) is 28.7. The first-order valence-corrected chi connectivity index (χ1v) is 13.7. The molecule has 3 aliphatic carbocycles. The third-order valence-electron chi connectivity index (χ3n) is 10.3. The summed E-state index contributed by atoms with van der Waals surface area (Å²) in [6.07, 6.45) is -19.8. The van der Waals surface area contributed by atoms with E-state index in [0.29, 0.717) is 0 Å². The lowest BCUT2D eigenvalue weighted by molar-refractivity contribution is -0.204. The molecule has 2 unspecified atom stereocenters. The maximum absolute atomic E-state index is 15.2. The molecule has 4 nitrogen and oxygen atoms in total. The minimum Gasteiger partial charge on any atom is -0.350 e. The van der Waals surface area contributed by atoms with Crippen LogP contribution in [0.1, 0.15) is 145 Å². The first kappa shape index (κ1) is 14.5. The SMILES string of the molecule is [2H]C1([2H])C([2H])([2H])[C@@]2([2H])NC(=O)C(C)=C(C)[C@]2(C([2H])(C)C)[C@@]2([2H])C([2H])(C)C(C)(C)[C@@]3(C([2H])([2H])C)[C@@]([2H])(C([2H])([2H])C([2H])([2H])[C@]3([2H])C(=O)NC(C)(CC)C(C)C)[C@]12[2H]. The van der Waals surface area contributed by atoms with Gasteiger partial charge >= 0.3 is 0 Å². The molecule has 4 heteroatoms. The summed E-state index contributed by atoms with van der Waals surface area (Å²) in [5.41, 5.74) is -11.5. The molecule has 0 aromatic rings. The smallest absolute Gasteiger partial charge is 0.247 e. The third-order valence-corrected chi connectivity index (χ3v) is 10.3. The van der Waals surface area contributed by atoms with Crippen molar-refractivity contribution in [1.82, 2.24) is 10.6 Å². The normalized spacial score (nSPS) is 65.9. The van der Waals surface area contributed by atoms with Crippen molar-refractivity contribution >= 4 is 11.8 Å². The van der Waals surface area contributed by atoms with E-state index in [0.717, 1.165) is 41.5 Å². The van der Waals surface area contributed by atoms with Crippen molar-refractivity contribution in [2.75, 3.05) is 0 Å². The van der Waals surface area contributed by atoms with E-state index >= 15 is 4.79 Å². The number of rotatable bonds is 6. The molecule has 3 saturated carbocycles.